The molecule has 1 aromatic rings. The third-order valence-electron chi connectivity index (χ3n) is 2.32. The molecule has 21 heavy (non-hydrogen) atoms. The van der Waals surface area contributed by atoms with E-state index in [0.29, 0.717) is 16.6 Å². The Labute approximate surface area is 128 Å². The van der Waals surface area contributed by atoms with E-state index in [9.17, 15) is 9.59 Å². The number of hydrogen-bond donors (Lipinski definition) is 4. The lowest BCUT2D eigenvalue weighted by Crippen LogP contribution is -2.37. The molecule has 0 bridgehead atoms. The van der Waals surface area contributed by atoms with Crippen molar-refractivity contribution in [1.82, 2.24) is 15.6 Å². The Balaban J connectivity index is 2.60. The van der Waals surface area contributed by atoms with Crippen LogP contribution in [0.25, 0.3) is 0 Å². The zero-order valence-corrected chi connectivity index (χ0v) is 13.7. The van der Waals surface area contributed by atoms with E-state index in [1.54, 1.807) is 0 Å². The third kappa shape index (κ3) is 5.99. The molecule has 1 rings (SSSR count). The van der Waals surface area contributed by atoms with Crippen molar-refractivity contribution in [2.24, 2.45) is 0 Å². The van der Waals surface area contributed by atoms with Crippen molar-refractivity contribution in [3.63, 3.8) is 0 Å². The fourth-order valence-electron chi connectivity index (χ4n) is 1.44. The van der Waals surface area contributed by atoms with Crippen LogP contribution in [0.3, 0.4) is 0 Å². The Kier molecular flexibility index (Phi) is 5.95. The number of thiazole rings is 1. The standard InChI is InChI=1S/C13H23N5O2S/c1-5-6-15-8(19)7-16-11(20)9-10(14)17-12(21-9)18-13(2,3)4/h5-7,14H2,1-4H3,(H,15,19)(H,16,20)(H,17,18). The maximum Gasteiger partial charge on any atom is 0.265 e. The van der Waals surface area contributed by atoms with Gasteiger partial charge < -0.3 is 21.7 Å². The van der Waals surface area contributed by atoms with E-state index >= 15 is 0 Å². The number of rotatable bonds is 6. The first-order valence-corrected chi connectivity index (χ1v) is 7.64. The highest BCUT2D eigenvalue weighted by Crippen LogP contribution is 2.26. The number of carbonyl (C=O) groups excluding carboxylic acids is 2. The Morgan fingerprint density at radius 1 is 1.29 bits per heavy atom. The smallest absolute Gasteiger partial charge is 0.265 e. The predicted octanol–water partition coefficient (Wildman–Crippen LogP) is 1.19. The average molecular weight is 313 g/mol. The molecule has 1 heterocycles. The molecular weight excluding hydrogens is 290 g/mol. The number of nitrogens with zero attached hydrogens (tertiary/aromatic N) is 1. The van der Waals surface area contributed by atoms with Gasteiger partial charge in [-0.25, -0.2) is 4.98 Å². The van der Waals surface area contributed by atoms with Crippen LogP contribution in [0.2, 0.25) is 0 Å². The van der Waals surface area contributed by atoms with E-state index in [0.717, 1.165) is 6.42 Å². The fourth-order valence-corrected chi connectivity index (χ4v) is 2.45. The molecule has 5 N–H and O–H groups in total. The van der Waals surface area contributed by atoms with Crippen molar-refractivity contribution in [3.8, 4) is 0 Å². The Morgan fingerprint density at radius 3 is 2.52 bits per heavy atom. The molecule has 0 aliphatic rings. The minimum atomic E-state index is -0.390. The molecular formula is C13H23N5O2S. The van der Waals surface area contributed by atoms with Crippen molar-refractivity contribution >= 4 is 34.1 Å². The van der Waals surface area contributed by atoms with Gasteiger partial charge in [0.25, 0.3) is 5.91 Å². The number of nitrogen functional groups attached to an aromatic ring is 1. The maximum absolute atomic E-state index is 12.0. The molecule has 7 nitrogen and oxygen atoms in total. The van der Waals surface area contributed by atoms with E-state index in [4.69, 9.17) is 5.73 Å². The molecule has 0 saturated carbocycles. The number of aromatic nitrogens is 1. The highest BCUT2D eigenvalue weighted by atomic mass is 32.1. The van der Waals surface area contributed by atoms with Crippen molar-refractivity contribution in [3.05, 3.63) is 4.88 Å². The second-order valence-corrected chi connectivity index (χ2v) is 6.64. The zero-order valence-electron chi connectivity index (χ0n) is 12.9. The minimum absolute atomic E-state index is 0.0712. The summed E-state index contributed by atoms with van der Waals surface area (Å²) >= 11 is 1.17. The van der Waals surface area contributed by atoms with Crippen LogP contribution in [-0.4, -0.2) is 35.4 Å². The molecule has 0 aromatic carbocycles. The molecule has 0 spiro atoms. The number of nitrogens with two attached hydrogens (primary N) is 1. The summed E-state index contributed by atoms with van der Waals surface area (Å²) in [5.74, 6) is -0.446. The third-order valence-corrected chi connectivity index (χ3v) is 3.31. The molecule has 1 aromatic heterocycles. The van der Waals surface area contributed by atoms with Crippen LogP contribution in [-0.2, 0) is 4.79 Å². The fraction of sp³-hybridized carbons (Fsp3) is 0.615. The Bertz CT molecular complexity index is 507. The number of hydrogen-bond acceptors (Lipinski definition) is 6. The second-order valence-electron chi connectivity index (χ2n) is 5.64. The lowest BCUT2D eigenvalue weighted by atomic mass is 10.1. The summed E-state index contributed by atoms with van der Waals surface area (Å²) < 4.78 is 0. The average Bonchev–Trinajstić information content (AvgIpc) is 2.71. The van der Waals surface area contributed by atoms with Crippen LogP contribution in [0.5, 0.6) is 0 Å². The predicted molar refractivity (Wildman–Crippen MR) is 85.5 cm³/mol. The van der Waals surface area contributed by atoms with Gasteiger partial charge in [0.05, 0.1) is 6.54 Å². The van der Waals surface area contributed by atoms with Crippen LogP contribution >= 0.6 is 11.3 Å². The van der Waals surface area contributed by atoms with Crippen LogP contribution in [0.4, 0.5) is 10.9 Å². The molecule has 0 aliphatic heterocycles. The summed E-state index contributed by atoms with van der Waals surface area (Å²) in [5.41, 5.74) is 5.58. The van der Waals surface area contributed by atoms with Gasteiger partial charge in [-0.3, -0.25) is 9.59 Å². The maximum atomic E-state index is 12.0. The second kappa shape index (κ2) is 7.26. The first-order valence-electron chi connectivity index (χ1n) is 6.82. The topological polar surface area (TPSA) is 109 Å². The van der Waals surface area contributed by atoms with Gasteiger partial charge >= 0.3 is 0 Å². The van der Waals surface area contributed by atoms with E-state index < -0.39 is 5.91 Å². The summed E-state index contributed by atoms with van der Waals surface area (Å²) in [4.78, 5) is 27.9. The van der Waals surface area contributed by atoms with Gasteiger partial charge in [-0.1, -0.05) is 18.3 Å². The van der Waals surface area contributed by atoms with Crippen LogP contribution < -0.4 is 21.7 Å². The van der Waals surface area contributed by atoms with Gasteiger partial charge in [0.15, 0.2) is 5.13 Å². The van der Waals surface area contributed by atoms with Gasteiger partial charge in [0, 0.05) is 12.1 Å². The molecule has 0 unspecified atom stereocenters. The monoisotopic (exact) mass is 313 g/mol. The summed E-state index contributed by atoms with van der Waals surface area (Å²) in [5, 5.41) is 8.96. The molecule has 0 saturated heterocycles. The lowest BCUT2D eigenvalue weighted by Gasteiger charge is -2.19. The molecule has 0 radical (unpaired) electrons. The molecule has 118 valence electrons. The van der Waals surface area contributed by atoms with Gasteiger partial charge in [-0.05, 0) is 27.2 Å². The molecule has 8 heteroatoms. The van der Waals surface area contributed by atoms with E-state index in [-0.39, 0.29) is 23.8 Å². The highest BCUT2D eigenvalue weighted by molar-refractivity contribution is 7.18. The highest BCUT2D eigenvalue weighted by Gasteiger charge is 2.19. The van der Waals surface area contributed by atoms with E-state index in [1.165, 1.54) is 11.3 Å². The van der Waals surface area contributed by atoms with Gasteiger partial charge in [-0.2, -0.15) is 0 Å². The molecule has 0 aliphatic carbocycles. The minimum Gasteiger partial charge on any atom is -0.382 e. The normalized spacial score (nSPS) is 11.0. The quantitative estimate of drug-likeness (QED) is 0.631. The largest absolute Gasteiger partial charge is 0.382 e. The van der Waals surface area contributed by atoms with Gasteiger partial charge in [-0.15, -0.1) is 0 Å². The van der Waals surface area contributed by atoms with Crippen molar-refractivity contribution in [1.29, 1.82) is 0 Å². The number of carbonyl (C=O) groups is 2. The van der Waals surface area contributed by atoms with Crippen molar-refractivity contribution in [2.75, 3.05) is 24.1 Å². The molecule has 0 atom stereocenters. The molecule has 0 fully saturated rings. The first kappa shape index (κ1) is 17.2. The Hall–Kier alpha value is -1.83. The molecule has 2 amide bonds. The van der Waals surface area contributed by atoms with Crippen LogP contribution in [0, 0.1) is 0 Å². The van der Waals surface area contributed by atoms with E-state index in [1.807, 2.05) is 27.7 Å². The van der Waals surface area contributed by atoms with Crippen molar-refractivity contribution < 1.29 is 9.59 Å². The van der Waals surface area contributed by atoms with Crippen LogP contribution in [0.1, 0.15) is 43.8 Å². The number of anilines is 2. The van der Waals surface area contributed by atoms with E-state index in [2.05, 4.69) is 20.9 Å². The van der Waals surface area contributed by atoms with Gasteiger partial charge in [0.2, 0.25) is 5.91 Å². The summed E-state index contributed by atoms with van der Waals surface area (Å²) in [7, 11) is 0. The first-order chi connectivity index (χ1) is 9.73. The lowest BCUT2D eigenvalue weighted by molar-refractivity contribution is -0.120. The summed E-state index contributed by atoms with van der Waals surface area (Å²) in [6.45, 7) is 8.45. The zero-order chi connectivity index (χ0) is 16.0. The number of amides is 2. The summed E-state index contributed by atoms with van der Waals surface area (Å²) in [6, 6.07) is 0. The van der Waals surface area contributed by atoms with Crippen molar-refractivity contribution in [2.45, 2.75) is 39.7 Å². The SMILES string of the molecule is CCCNC(=O)CNC(=O)c1sc(NC(C)(C)C)nc1N. The summed E-state index contributed by atoms with van der Waals surface area (Å²) in [6.07, 6.45) is 0.851. The number of nitrogens with one attached hydrogen (secondary N) is 3. The van der Waals surface area contributed by atoms with Crippen LogP contribution in [0.15, 0.2) is 0 Å². The van der Waals surface area contributed by atoms with Gasteiger partial charge in [0.1, 0.15) is 10.7 Å². The Morgan fingerprint density at radius 2 is 1.95 bits per heavy atom.